The van der Waals surface area contributed by atoms with Crippen LogP contribution in [0.3, 0.4) is 0 Å². The summed E-state index contributed by atoms with van der Waals surface area (Å²) < 4.78 is 13.8. The molecule has 0 aromatic heterocycles. The highest BCUT2D eigenvalue weighted by molar-refractivity contribution is 5.56. The van der Waals surface area contributed by atoms with E-state index in [9.17, 15) is 4.39 Å². The molecule has 1 rings (SSSR count). The van der Waals surface area contributed by atoms with Crippen molar-refractivity contribution in [3.63, 3.8) is 0 Å². The molecule has 0 aliphatic rings. The van der Waals surface area contributed by atoms with Crippen LogP contribution >= 0.6 is 0 Å². The van der Waals surface area contributed by atoms with E-state index in [-0.39, 0.29) is 11.9 Å². The van der Waals surface area contributed by atoms with Gasteiger partial charge in [0.1, 0.15) is 5.82 Å². The van der Waals surface area contributed by atoms with Crippen LogP contribution in [-0.4, -0.2) is 20.1 Å². The van der Waals surface area contributed by atoms with Crippen LogP contribution in [0.2, 0.25) is 0 Å². The molecule has 0 radical (unpaired) electrons. The molecule has 0 fully saturated rings. The normalized spacial score (nSPS) is 12.6. The van der Waals surface area contributed by atoms with Crippen LogP contribution in [0.1, 0.15) is 44.4 Å². The summed E-state index contributed by atoms with van der Waals surface area (Å²) in [6.07, 6.45) is 1.08. The summed E-state index contributed by atoms with van der Waals surface area (Å²) in [6.45, 7) is 10.0. The molecule has 0 saturated carbocycles. The predicted octanol–water partition coefficient (Wildman–Crippen LogP) is 3.65. The number of aryl methyl sites for hydroxylation is 1. The minimum absolute atomic E-state index is 0.122. The number of hydrogen-bond donors (Lipinski definition) is 1. The largest absolute Gasteiger partial charge is 0.375 e. The van der Waals surface area contributed by atoms with Crippen LogP contribution in [-0.2, 0) is 0 Å². The van der Waals surface area contributed by atoms with Crippen molar-refractivity contribution in [2.45, 2.75) is 40.2 Å². The van der Waals surface area contributed by atoms with Gasteiger partial charge in [0, 0.05) is 25.3 Å². The van der Waals surface area contributed by atoms with Crippen molar-refractivity contribution in [3.8, 4) is 0 Å². The first-order chi connectivity index (χ1) is 8.51. The fourth-order valence-electron chi connectivity index (χ4n) is 2.00. The lowest BCUT2D eigenvalue weighted by molar-refractivity contribution is 0.560. The molecule has 0 bridgehead atoms. The second-order valence-corrected chi connectivity index (χ2v) is 4.85. The molecule has 3 heteroatoms. The van der Waals surface area contributed by atoms with Gasteiger partial charge in [-0.15, -0.1) is 0 Å². The predicted molar refractivity (Wildman–Crippen MR) is 76.8 cm³/mol. The molecule has 2 nitrogen and oxygen atoms in total. The van der Waals surface area contributed by atoms with Gasteiger partial charge in [-0.25, -0.2) is 4.39 Å². The molecule has 0 spiro atoms. The first-order valence-corrected chi connectivity index (χ1v) is 6.75. The molecule has 1 atom stereocenters. The Balaban J connectivity index is 3.10. The van der Waals surface area contributed by atoms with Gasteiger partial charge in [0.15, 0.2) is 0 Å². The third-order valence-corrected chi connectivity index (χ3v) is 3.36. The minimum atomic E-state index is -0.122. The fraction of sp³-hybridized carbons (Fsp3) is 0.600. The van der Waals surface area contributed by atoms with Crippen molar-refractivity contribution in [1.29, 1.82) is 0 Å². The second-order valence-electron chi connectivity index (χ2n) is 4.85. The molecule has 0 heterocycles. The standard InChI is InChI=1S/C15H25FN2/c1-6-8-17-12(4)13-10-14(16)11(3)9-15(13)18(5)7-2/h9-10,12,17H,6-8H2,1-5H3. The van der Waals surface area contributed by atoms with Gasteiger partial charge in [-0.3, -0.25) is 0 Å². The van der Waals surface area contributed by atoms with Gasteiger partial charge < -0.3 is 10.2 Å². The zero-order valence-corrected chi connectivity index (χ0v) is 12.2. The summed E-state index contributed by atoms with van der Waals surface area (Å²) in [5.74, 6) is -0.122. The summed E-state index contributed by atoms with van der Waals surface area (Å²) in [4.78, 5) is 2.16. The maximum atomic E-state index is 13.8. The van der Waals surface area contributed by atoms with Crippen molar-refractivity contribution in [2.75, 3.05) is 25.0 Å². The van der Waals surface area contributed by atoms with Crippen LogP contribution < -0.4 is 10.2 Å². The Hall–Kier alpha value is -1.09. The molecule has 102 valence electrons. The zero-order valence-electron chi connectivity index (χ0n) is 12.2. The average Bonchev–Trinajstić information content (AvgIpc) is 2.37. The molecule has 0 aliphatic heterocycles. The molecule has 1 aromatic carbocycles. The van der Waals surface area contributed by atoms with E-state index >= 15 is 0 Å². The number of benzene rings is 1. The van der Waals surface area contributed by atoms with Crippen LogP contribution in [0.25, 0.3) is 0 Å². The number of rotatable bonds is 6. The van der Waals surface area contributed by atoms with Crippen LogP contribution in [0.15, 0.2) is 12.1 Å². The molecule has 1 N–H and O–H groups in total. The highest BCUT2D eigenvalue weighted by Gasteiger charge is 2.15. The van der Waals surface area contributed by atoms with Crippen molar-refractivity contribution in [2.24, 2.45) is 0 Å². The van der Waals surface area contributed by atoms with Crippen molar-refractivity contribution < 1.29 is 4.39 Å². The van der Waals surface area contributed by atoms with E-state index in [0.29, 0.717) is 5.56 Å². The lowest BCUT2D eigenvalue weighted by Gasteiger charge is -2.25. The van der Waals surface area contributed by atoms with Gasteiger partial charge >= 0.3 is 0 Å². The Labute approximate surface area is 110 Å². The summed E-state index contributed by atoms with van der Waals surface area (Å²) in [5.41, 5.74) is 2.86. The van der Waals surface area contributed by atoms with Gasteiger partial charge in [-0.05, 0) is 57.0 Å². The quantitative estimate of drug-likeness (QED) is 0.831. The number of anilines is 1. The number of nitrogens with zero attached hydrogens (tertiary/aromatic N) is 1. The van der Waals surface area contributed by atoms with Crippen molar-refractivity contribution in [3.05, 3.63) is 29.1 Å². The fourth-order valence-corrected chi connectivity index (χ4v) is 2.00. The first kappa shape index (κ1) is 15.0. The second kappa shape index (κ2) is 6.74. The Kier molecular flexibility index (Phi) is 5.60. The van der Waals surface area contributed by atoms with Gasteiger partial charge in [0.2, 0.25) is 0 Å². The van der Waals surface area contributed by atoms with Crippen molar-refractivity contribution >= 4 is 5.69 Å². The number of halogens is 1. The highest BCUT2D eigenvalue weighted by atomic mass is 19.1. The number of nitrogens with one attached hydrogen (secondary N) is 1. The molecule has 0 aliphatic carbocycles. The van der Waals surface area contributed by atoms with Gasteiger partial charge in [0.05, 0.1) is 0 Å². The molecule has 1 unspecified atom stereocenters. The molecule has 0 amide bonds. The first-order valence-electron chi connectivity index (χ1n) is 6.75. The summed E-state index contributed by atoms with van der Waals surface area (Å²) in [7, 11) is 2.04. The minimum Gasteiger partial charge on any atom is -0.375 e. The maximum absolute atomic E-state index is 13.8. The maximum Gasteiger partial charge on any atom is 0.126 e. The Morgan fingerprint density at radius 3 is 2.56 bits per heavy atom. The molecular weight excluding hydrogens is 227 g/mol. The van der Waals surface area contributed by atoms with Gasteiger partial charge in [-0.2, -0.15) is 0 Å². The zero-order chi connectivity index (χ0) is 13.7. The van der Waals surface area contributed by atoms with Crippen molar-refractivity contribution in [1.82, 2.24) is 5.32 Å². The summed E-state index contributed by atoms with van der Waals surface area (Å²) in [5, 5.41) is 3.42. The Bertz CT molecular complexity index is 390. The van der Waals surface area contributed by atoms with E-state index in [1.165, 1.54) is 0 Å². The van der Waals surface area contributed by atoms with E-state index in [0.717, 1.165) is 30.8 Å². The van der Waals surface area contributed by atoms with Gasteiger partial charge in [0.25, 0.3) is 0 Å². The Morgan fingerprint density at radius 1 is 1.33 bits per heavy atom. The smallest absolute Gasteiger partial charge is 0.126 e. The van der Waals surface area contributed by atoms with E-state index in [1.54, 1.807) is 6.07 Å². The molecule has 1 aromatic rings. The lowest BCUT2D eigenvalue weighted by Crippen LogP contribution is -2.24. The Morgan fingerprint density at radius 2 is 2.00 bits per heavy atom. The molecule has 18 heavy (non-hydrogen) atoms. The topological polar surface area (TPSA) is 15.3 Å². The third-order valence-electron chi connectivity index (χ3n) is 3.36. The van der Waals surface area contributed by atoms with Gasteiger partial charge in [-0.1, -0.05) is 6.92 Å². The monoisotopic (exact) mass is 252 g/mol. The van der Waals surface area contributed by atoms with Crippen LogP contribution in [0.5, 0.6) is 0 Å². The molecular formula is C15H25FN2. The van der Waals surface area contributed by atoms with E-state index in [2.05, 4.69) is 31.0 Å². The highest BCUT2D eigenvalue weighted by Crippen LogP contribution is 2.28. The average molecular weight is 252 g/mol. The van der Waals surface area contributed by atoms with Crippen LogP contribution in [0, 0.1) is 12.7 Å². The molecule has 0 saturated heterocycles. The van der Waals surface area contributed by atoms with E-state index in [1.807, 2.05) is 20.0 Å². The number of hydrogen-bond acceptors (Lipinski definition) is 2. The lowest BCUT2D eigenvalue weighted by atomic mass is 10.0. The summed E-state index contributed by atoms with van der Waals surface area (Å²) >= 11 is 0. The van der Waals surface area contributed by atoms with E-state index < -0.39 is 0 Å². The van der Waals surface area contributed by atoms with E-state index in [4.69, 9.17) is 0 Å². The summed E-state index contributed by atoms with van der Waals surface area (Å²) in [6, 6.07) is 3.78. The van der Waals surface area contributed by atoms with Crippen LogP contribution in [0.4, 0.5) is 10.1 Å². The SMILES string of the molecule is CCCNC(C)c1cc(F)c(C)cc1N(C)CC. The third kappa shape index (κ3) is 3.45.